The van der Waals surface area contributed by atoms with Crippen LogP contribution in [-0.2, 0) is 14.1 Å². The second-order valence-corrected chi connectivity index (χ2v) is 17.9. The Hall–Kier alpha value is -4.14. The first-order valence-corrected chi connectivity index (χ1v) is 20.8. The van der Waals surface area contributed by atoms with Crippen molar-refractivity contribution in [1.29, 1.82) is 0 Å². The number of hydrogen-bond donors (Lipinski definition) is 3. The van der Waals surface area contributed by atoms with Crippen molar-refractivity contribution in [2.24, 2.45) is 30.7 Å². The van der Waals surface area contributed by atoms with Gasteiger partial charge < -0.3 is 15.5 Å². The minimum atomic E-state index is -0.160. The van der Waals surface area contributed by atoms with E-state index in [1.54, 1.807) is 53.6 Å². The largest absolute Gasteiger partial charge is 0.342 e. The Bertz CT molecular complexity index is 2610. The van der Waals surface area contributed by atoms with Gasteiger partial charge in [0.05, 0.1) is 31.5 Å². The molecule has 4 N–H and O–H groups in total. The van der Waals surface area contributed by atoms with Gasteiger partial charge >= 0.3 is 0 Å². The summed E-state index contributed by atoms with van der Waals surface area (Å²) >= 11 is 25.0. The highest BCUT2D eigenvalue weighted by atomic mass is 35.5. The molecule has 1 spiro atoms. The number of H-pyrrole nitrogens is 2. The van der Waals surface area contributed by atoms with Gasteiger partial charge in [0.2, 0.25) is 11.9 Å². The Morgan fingerprint density at radius 2 is 1.12 bits per heavy atom. The summed E-state index contributed by atoms with van der Waals surface area (Å²) in [7, 11) is 3.51. The molecule has 2 aliphatic heterocycles. The third kappa shape index (κ3) is 7.09. The Balaban J connectivity index is 0.000000161. The number of aromatic nitrogens is 8. The first-order chi connectivity index (χ1) is 27.2. The third-order valence-electron chi connectivity index (χ3n) is 12.4. The van der Waals surface area contributed by atoms with Crippen LogP contribution in [0.15, 0.2) is 46.0 Å². The van der Waals surface area contributed by atoms with E-state index in [9.17, 15) is 9.59 Å². The van der Waals surface area contributed by atoms with Gasteiger partial charge in [0.15, 0.2) is 11.3 Å². The van der Waals surface area contributed by atoms with E-state index in [0.717, 1.165) is 58.3 Å². The van der Waals surface area contributed by atoms with Crippen LogP contribution < -0.4 is 26.7 Å². The highest BCUT2D eigenvalue weighted by Gasteiger charge is 2.43. The Morgan fingerprint density at radius 1 is 0.684 bits per heavy atom. The van der Waals surface area contributed by atoms with Gasteiger partial charge in [-0.3, -0.25) is 28.9 Å². The topological polar surface area (TPSA) is 160 Å². The fraction of sp³-hybridized carbons (Fsp3) is 0.450. The molecule has 2 saturated heterocycles. The lowest BCUT2D eigenvalue weighted by molar-refractivity contribution is 0.196. The molecule has 0 radical (unpaired) electrons. The molecule has 57 heavy (non-hydrogen) atoms. The number of anilines is 2. The maximum Gasteiger partial charge on any atom is 0.266 e. The standard InChI is InChI=1S/C21H24Cl2N6O.C19H21Cl2N5O/c1-28-19(30)15-17(12-4-2-5-13(22)16(12)23)26-27-18(15)25-20(28)29-10-8-21(9-11-29)7-3-6-14(21)24;1-19(2)7-9-26(10-8-19)18-22-16-13(17(27)25(18)3)15(23-24-16)11-5-4-6-12(20)14(11)21/h2,4-5,14H,3,6-11,24H2,1H3,(H,26,27);4-6H,7-10H2,1-3H3,(H,23,24)/t14-;/m1./s1. The molecule has 17 heteroatoms. The van der Waals surface area contributed by atoms with E-state index in [1.807, 2.05) is 6.07 Å². The normalized spacial score (nSPS) is 19.1. The zero-order valence-electron chi connectivity index (χ0n) is 32.3. The van der Waals surface area contributed by atoms with E-state index < -0.39 is 0 Å². The number of benzene rings is 2. The lowest BCUT2D eigenvalue weighted by atomic mass is 9.74. The van der Waals surface area contributed by atoms with Gasteiger partial charge in [0.1, 0.15) is 10.8 Å². The molecule has 13 nitrogen and oxygen atoms in total. The van der Waals surface area contributed by atoms with Gasteiger partial charge in [-0.1, -0.05) is 90.9 Å². The first-order valence-electron chi connectivity index (χ1n) is 19.2. The fourth-order valence-corrected chi connectivity index (χ4v) is 9.48. The zero-order valence-corrected chi connectivity index (χ0v) is 35.3. The number of aromatic amines is 2. The maximum atomic E-state index is 13.3. The highest BCUT2D eigenvalue weighted by molar-refractivity contribution is 6.44. The summed E-state index contributed by atoms with van der Waals surface area (Å²) in [5.41, 5.74) is 9.80. The maximum absolute atomic E-state index is 13.3. The number of fused-ring (bicyclic) bond motifs is 2. The van der Waals surface area contributed by atoms with Crippen LogP contribution in [0.4, 0.5) is 11.9 Å². The van der Waals surface area contributed by atoms with Crippen LogP contribution in [0.1, 0.15) is 58.8 Å². The molecule has 2 aromatic carbocycles. The molecule has 0 amide bonds. The van der Waals surface area contributed by atoms with Gasteiger partial charge in [-0.05, 0) is 61.5 Å². The average molecular weight is 854 g/mol. The second-order valence-electron chi connectivity index (χ2n) is 16.3. The number of rotatable bonds is 4. The summed E-state index contributed by atoms with van der Waals surface area (Å²) in [6.07, 6.45) is 7.72. The van der Waals surface area contributed by atoms with Crippen molar-refractivity contribution < 1.29 is 0 Å². The predicted molar refractivity (Wildman–Crippen MR) is 230 cm³/mol. The van der Waals surface area contributed by atoms with E-state index in [4.69, 9.17) is 57.1 Å². The van der Waals surface area contributed by atoms with Crippen LogP contribution in [0.5, 0.6) is 0 Å². The molecule has 3 fully saturated rings. The van der Waals surface area contributed by atoms with Crippen LogP contribution in [-0.4, -0.2) is 71.7 Å². The minimum absolute atomic E-state index is 0.153. The van der Waals surface area contributed by atoms with Crippen molar-refractivity contribution in [2.45, 2.75) is 64.8 Å². The van der Waals surface area contributed by atoms with E-state index in [2.05, 4.69) is 49.0 Å². The molecule has 9 rings (SSSR count). The molecule has 4 aromatic heterocycles. The van der Waals surface area contributed by atoms with E-state index in [-0.39, 0.29) is 22.6 Å². The SMILES string of the molecule is Cn1c(N2CCC(C)(C)CC2)nc2n[nH]c(-c3cccc(Cl)c3Cl)c2c1=O.Cn1c(N2CCC3(CCC[C@H]3N)CC2)nc2n[nH]c(-c3cccc(Cl)c3Cl)c2c1=O. The molecule has 6 aromatic rings. The summed E-state index contributed by atoms with van der Waals surface area (Å²) in [4.78, 5) is 40.2. The van der Waals surface area contributed by atoms with Crippen molar-refractivity contribution in [3.05, 3.63) is 77.2 Å². The number of nitrogens with one attached hydrogen (secondary N) is 2. The number of hydrogen-bond acceptors (Lipinski definition) is 9. The van der Waals surface area contributed by atoms with Crippen molar-refractivity contribution in [3.63, 3.8) is 0 Å². The molecule has 1 saturated carbocycles. The molecule has 0 bridgehead atoms. The molecule has 0 unspecified atom stereocenters. The summed E-state index contributed by atoms with van der Waals surface area (Å²) in [6.45, 7) is 7.98. The minimum Gasteiger partial charge on any atom is -0.342 e. The average Bonchev–Trinajstić information content (AvgIpc) is 3.91. The fourth-order valence-electron chi connectivity index (χ4n) is 8.69. The predicted octanol–water partition coefficient (Wildman–Crippen LogP) is 7.99. The van der Waals surface area contributed by atoms with Gasteiger partial charge in [-0.2, -0.15) is 20.2 Å². The van der Waals surface area contributed by atoms with E-state index in [1.165, 1.54) is 12.8 Å². The number of piperidine rings is 2. The van der Waals surface area contributed by atoms with Gasteiger partial charge in [-0.15, -0.1) is 0 Å². The Kier molecular flexibility index (Phi) is 10.6. The quantitative estimate of drug-likeness (QED) is 0.160. The Labute approximate surface area is 349 Å². The van der Waals surface area contributed by atoms with Gasteiger partial charge in [-0.25, -0.2) is 0 Å². The van der Waals surface area contributed by atoms with Crippen LogP contribution in [0, 0.1) is 10.8 Å². The number of nitrogens with two attached hydrogens (primary N) is 1. The summed E-state index contributed by atoms with van der Waals surface area (Å²) in [5.74, 6) is 1.29. The molecule has 300 valence electrons. The second kappa shape index (κ2) is 15.2. The van der Waals surface area contributed by atoms with Crippen LogP contribution in [0.2, 0.25) is 20.1 Å². The highest BCUT2D eigenvalue weighted by Crippen LogP contribution is 2.46. The van der Waals surface area contributed by atoms with Crippen molar-refractivity contribution in [3.8, 4) is 22.5 Å². The summed E-state index contributed by atoms with van der Waals surface area (Å²) < 4.78 is 3.20. The van der Waals surface area contributed by atoms with Crippen LogP contribution >= 0.6 is 46.4 Å². The van der Waals surface area contributed by atoms with Gasteiger partial charge in [0.25, 0.3) is 11.1 Å². The first kappa shape index (κ1) is 39.7. The van der Waals surface area contributed by atoms with Crippen LogP contribution in [0.25, 0.3) is 44.6 Å². The monoisotopic (exact) mass is 851 g/mol. The van der Waals surface area contributed by atoms with Crippen molar-refractivity contribution >= 4 is 80.4 Å². The number of nitrogens with zero attached hydrogens (tertiary/aromatic N) is 8. The summed E-state index contributed by atoms with van der Waals surface area (Å²) in [5, 5.41) is 16.9. The molecule has 6 heterocycles. The molecular weight excluding hydrogens is 808 g/mol. The van der Waals surface area contributed by atoms with Crippen molar-refractivity contribution in [1.82, 2.24) is 39.5 Å². The molecule has 1 atom stereocenters. The lowest BCUT2D eigenvalue weighted by Crippen LogP contribution is -2.48. The van der Waals surface area contributed by atoms with E-state index in [0.29, 0.717) is 82.0 Å². The zero-order chi connectivity index (χ0) is 40.4. The van der Waals surface area contributed by atoms with Gasteiger partial charge in [0, 0.05) is 57.4 Å². The smallest absolute Gasteiger partial charge is 0.266 e. The lowest BCUT2D eigenvalue weighted by Gasteiger charge is -2.42. The molecular formula is C40H45Cl4N11O2. The summed E-state index contributed by atoms with van der Waals surface area (Å²) in [6, 6.07) is 10.9. The van der Waals surface area contributed by atoms with E-state index >= 15 is 0 Å². The third-order valence-corrected chi connectivity index (χ3v) is 14.0. The van der Waals surface area contributed by atoms with Crippen LogP contribution in [0.3, 0.4) is 0 Å². The number of halogens is 4. The van der Waals surface area contributed by atoms with Crippen molar-refractivity contribution in [2.75, 3.05) is 36.0 Å². The Morgan fingerprint density at radius 3 is 1.54 bits per heavy atom. The molecule has 3 aliphatic rings. The molecule has 1 aliphatic carbocycles.